The molecular weight excluding hydrogens is 434 g/mol. The Bertz CT molecular complexity index is 699. The smallest absolute Gasteiger partial charge is 1.00 e. The quantitative estimate of drug-likeness (QED) is 0.157. The van der Waals surface area contributed by atoms with Crippen molar-refractivity contribution >= 4 is 41.0 Å². The van der Waals surface area contributed by atoms with Crippen LogP contribution in [0.5, 0.6) is 0 Å². The van der Waals surface area contributed by atoms with Crippen molar-refractivity contribution in [2.75, 3.05) is 7.11 Å². The molecule has 0 saturated carbocycles. The summed E-state index contributed by atoms with van der Waals surface area (Å²) in [6.07, 6.45) is 0. The Hall–Kier alpha value is 1.00. The van der Waals surface area contributed by atoms with Crippen molar-refractivity contribution in [2.45, 2.75) is 13.1 Å². The molecule has 26 heavy (non-hydrogen) atoms. The van der Waals surface area contributed by atoms with E-state index in [4.69, 9.17) is 15.8 Å². The van der Waals surface area contributed by atoms with Gasteiger partial charge in [-0.1, -0.05) is 0 Å². The average Bonchev–Trinajstić information content (AvgIpc) is 3.33. The fourth-order valence-electron chi connectivity index (χ4n) is 1.70. The van der Waals surface area contributed by atoms with E-state index in [1.165, 1.54) is 29.8 Å². The third-order valence-corrected chi connectivity index (χ3v) is 4.66. The third kappa shape index (κ3) is 9.47. The number of hydrogen-bond donors (Lipinski definition) is 2. The molecule has 0 unspecified atom stereocenters. The van der Waals surface area contributed by atoms with Gasteiger partial charge in [0.1, 0.15) is 4.88 Å². The number of carbonyl (C=O) groups excluding carboxylic acids is 3. The zero-order chi connectivity index (χ0) is 17.9. The van der Waals surface area contributed by atoms with E-state index in [-0.39, 0.29) is 123 Å². The van der Waals surface area contributed by atoms with Gasteiger partial charge in [0.2, 0.25) is 0 Å². The van der Waals surface area contributed by atoms with Gasteiger partial charge < -0.3 is 27.4 Å². The molecule has 12 heteroatoms. The van der Waals surface area contributed by atoms with Gasteiger partial charge in [-0.3, -0.25) is 9.59 Å². The molecule has 0 fully saturated rings. The van der Waals surface area contributed by atoms with E-state index >= 15 is 0 Å². The van der Waals surface area contributed by atoms with Gasteiger partial charge in [0.05, 0.1) is 12.0 Å². The summed E-state index contributed by atoms with van der Waals surface area (Å²) < 4.78 is 4.55. The molecule has 0 spiro atoms. The summed E-state index contributed by atoms with van der Waals surface area (Å²) in [5, 5.41) is 14.9. The van der Waals surface area contributed by atoms with Crippen molar-refractivity contribution in [3.63, 3.8) is 0 Å². The number of rotatable bonds is 3. The molecule has 0 radical (unpaired) electrons. The van der Waals surface area contributed by atoms with Gasteiger partial charge in [0.15, 0.2) is 0 Å². The number of fused-ring (bicyclic) bond motifs is 1. The number of thiophene rings is 2. The largest absolute Gasteiger partial charge is 1.00 e. The minimum atomic E-state index is -0.305. The second kappa shape index (κ2) is 16.9. The normalized spacial score (nSPS) is 10.2. The monoisotopic (exact) mass is 450 g/mol. The molecular formula is C14H16K2N2O6S2. The van der Waals surface area contributed by atoms with E-state index in [1.54, 1.807) is 0 Å². The Kier molecular flexibility index (Phi) is 19.0. The molecule has 1 aliphatic heterocycles. The Morgan fingerprint density at radius 2 is 2.00 bits per heavy atom. The summed E-state index contributed by atoms with van der Waals surface area (Å²) >= 11 is 2.86. The minimum Gasteiger partial charge on any atom is -1.00 e. The number of methoxy groups -OCH3 is 1. The second-order valence-electron chi connectivity index (χ2n) is 4.12. The molecule has 0 aromatic carbocycles. The first-order valence-electron chi connectivity index (χ1n) is 6.50. The van der Waals surface area contributed by atoms with Crippen LogP contribution in [0.1, 0.15) is 31.9 Å². The van der Waals surface area contributed by atoms with Gasteiger partial charge in [-0.2, -0.15) is 0 Å². The van der Waals surface area contributed by atoms with Gasteiger partial charge in [-0.25, -0.2) is 4.79 Å². The van der Waals surface area contributed by atoms with Gasteiger partial charge in [0, 0.05) is 13.1 Å². The predicted molar refractivity (Wildman–Crippen MR) is 87.3 cm³/mol. The maximum Gasteiger partial charge on any atom is 1.00 e. The van der Waals surface area contributed by atoms with E-state index in [1.807, 2.05) is 22.9 Å². The van der Waals surface area contributed by atoms with E-state index in [9.17, 15) is 9.59 Å². The maximum atomic E-state index is 11.0. The summed E-state index contributed by atoms with van der Waals surface area (Å²) in [4.78, 5) is 34.6. The third-order valence-electron chi connectivity index (χ3n) is 2.77. The second-order valence-corrected chi connectivity index (χ2v) is 5.95. The molecule has 0 saturated heterocycles. The molecule has 2 aromatic heterocycles. The molecule has 0 atom stereocenters. The first kappa shape index (κ1) is 29.2. The molecule has 0 aliphatic carbocycles. The van der Waals surface area contributed by atoms with Crippen LogP contribution in [0.15, 0.2) is 22.9 Å². The fourth-order valence-corrected chi connectivity index (χ4v) is 3.39. The zero-order valence-corrected chi connectivity index (χ0v) is 22.5. The van der Waals surface area contributed by atoms with E-state index in [2.05, 4.69) is 14.9 Å². The van der Waals surface area contributed by atoms with Crippen molar-refractivity contribution in [3.8, 4) is 0 Å². The molecule has 1 aliphatic rings. The topological polar surface area (TPSA) is 131 Å². The van der Waals surface area contributed by atoms with E-state index < -0.39 is 0 Å². The van der Waals surface area contributed by atoms with Gasteiger partial charge >= 0.3 is 109 Å². The molecule has 2 aromatic rings. The average molecular weight is 451 g/mol. The summed E-state index contributed by atoms with van der Waals surface area (Å²) in [6, 6.07) is 3.81. The number of ether oxygens (including phenoxy) is 1. The maximum absolute atomic E-state index is 11.0. The predicted octanol–water partition coefficient (Wildman–Crippen LogP) is -5.46. The molecule has 8 nitrogen and oxygen atoms in total. The number of nitrogens with two attached hydrogens (primary N) is 1. The van der Waals surface area contributed by atoms with Crippen LogP contribution >= 0.6 is 22.7 Å². The minimum absolute atomic E-state index is 0. The molecule has 1 amide bonds. The van der Waals surface area contributed by atoms with Crippen LogP contribution < -0.4 is 119 Å². The summed E-state index contributed by atoms with van der Waals surface area (Å²) in [5.74, 6) is -0.222. The van der Waals surface area contributed by atoms with E-state index in [0.717, 1.165) is 22.5 Å². The van der Waals surface area contributed by atoms with Crippen LogP contribution in [0.25, 0.3) is 0 Å². The summed E-state index contributed by atoms with van der Waals surface area (Å²) in [7, 11) is 1.36. The molecule has 3 N–H and O–H groups in total. The fraction of sp³-hybridized carbons (Fsp3) is 0.214. The van der Waals surface area contributed by atoms with Crippen LogP contribution in [-0.4, -0.2) is 25.5 Å². The standard InChI is InChI=1S/C7H9NO2S.C6H5NOS.CH2O3.2K.H/c1-10-7(9)6-5(4-8)2-3-11-6;8-6-5-4(3-7-6)1-2-9-5;2-1-4-3;;;/h2-3H,4,8H2,1H3;1-2H,3H2,(H,7,8);1,3H;;;/q;;;2*+1;-1/p-1. The van der Waals surface area contributed by atoms with Crippen molar-refractivity contribution in [1.82, 2.24) is 5.32 Å². The SMILES string of the molecule is COC(=O)c1sccc1CN.O=C1NCc2ccsc21.O=CO[O-].[H-].[K+].[K+]. The summed E-state index contributed by atoms with van der Waals surface area (Å²) in [5.41, 5.74) is 7.38. The van der Waals surface area contributed by atoms with Crippen molar-refractivity contribution in [1.29, 1.82) is 0 Å². The Balaban J connectivity index is -0.000000330. The number of hydrogen-bond acceptors (Lipinski definition) is 9. The van der Waals surface area contributed by atoms with Crippen LogP contribution in [0.2, 0.25) is 0 Å². The molecule has 3 heterocycles. The van der Waals surface area contributed by atoms with Gasteiger partial charge in [-0.05, 0) is 34.0 Å². The molecule has 3 rings (SSSR count). The van der Waals surface area contributed by atoms with Crippen LogP contribution in [0.4, 0.5) is 0 Å². The Morgan fingerprint density at radius 1 is 1.38 bits per heavy atom. The van der Waals surface area contributed by atoms with Crippen LogP contribution in [-0.2, 0) is 27.5 Å². The zero-order valence-electron chi connectivity index (χ0n) is 15.6. The Labute approximate surface area is 245 Å². The van der Waals surface area contributed by atoms with Gasteiger partial charge in [-0.15, -0.1) is 22.7 Å². The Morgan fingerprint density at radius 3 is 2.50 bits per heavy atom. The molecule has 0 bridgehead atoms. The molecule has 132 valence electrons. The first-order valence-corrected chi connectivity index (χ1v) is 8.26. The number of amides is 1. The number of carbonyl (C=O) groups is 3. The summed E-state index contributed by atoms with van der Waals surface area (Å²) in [6.45, 7) is 0.922. The van der Waals surface area contributed by atoms with Crippen molar-refractivity contribution in [2.24, 2.45) is 5.73 Å². The van der Waals surface area contributed by atoms with Crippen molar-refractivity contribution in [3.05, 3.63) is 43.8 Å². The van der Waals surface area contributed by atoms with Crippen LogP contribution in [0, 0.1) is 0 Å². The number of esters is 1. The number of nitrogens with one attached hydrogen (secondary N) is 1. The van der Waals surface area contributed by atoms with E-state index in [0.29, 0.717) is 11.4 Å². The first-order chi connectivity index (χ1) is 11.6. The van der Waals surface area contributed by atoms with Crippen molar-refractivity contribution < 1.29 is 133 Å². The van der Waals surface area contributed by atoms with Crippen LogP contribution in [0.3, 0.4) is 0 Å². The van der Waals surface area contributed by atoms with Gasteiger partial charge in [0.25, 0.3) is 12.4 Å².